The molecule has 2 fully saturated rings. The van der Waals surface area contributed by atoms with Crippen LogP contribution in [-0.4, -0.2) is 31.5 Å². The lowest BCUT2D eigenvalue weighted by atomic mass is 9.98. The van der Waals surface area contributed by atoms with Crippen molar-refractivity contribution < 1.29 is 28.2 Å². The third kappa shape index (κ3) is 5.29. The van der Waals surface area contributed by atoms with E-state index in [1.54, 1.807) is 25.3 Å². The van der Waals surface area contributed by atoms with E-state index in [0.717, 1.165) is 51.4 Å². The van der Waals surface area contributed by atoms with Gasteiger partial charge in [0.1, 0.15) is 11.5 Å². The summed E-state index contributed by atoms with van der Waals surface area (Å²) < 4.78 is 36.7. The van der Waals surface area contributed by atoms with Gasteiger partial charge >= 0.3 is 7.60 Å². The van der Waals surface area contributed by atoms with Crippen LogP contribution < -0.4 is 9.47 Å². The highest BCUT2D eigenvalue weighted by Crippen LogP contribution is 2.64. The zero-order valence-electron chi connectivity index (χ0n) is 17.0. The van der Waals surface area contributed by atoms with Gasteiger partial charge in [0.25, 0.3) is 0 Å². The molecule has 0 aliphatic heterocycles. The third-order valence-corrected chi connectivity index (χ3v) is 7.77. The molecule has 1 aromatic carbocycles. The van der Waals surface area contributed by atoms with E-state index in [1.807, 2.05) is 0 Å². The Morgan fingerprint density at radius 2 is 1.43 bits per heavy atom. The Morgan fingerprint density at radius 1 is 0.893 bits per heavy atom. The van der Waals surface area contributed by atoms with Crippen LogP contribution in [0, 0.1) is 0 Å². The molecule has 1 aromatic rings. The molecule has 0 saturated heterocycles. The zero-order chi connectivity index (χ0) is 20.0. The molecule has 1 N–H and O–H groups in total. The van der Waals surface area contributed by atoms with Gasteiger partial charge in [-0.1, -0.05) is 38.5 Å². The molecule has 0 amide bonds. The standard InChI is InChI=1S/C21H33O6P/c1-24-18-13-14-20(25-2)19(15-18)21(22)28(23,26-16-9-5-3-6-10-16)27-17-11-7-4-8-12-17/h13-17,21-22H,3-12H2,1-2H3. The maximum absolute atomic E-state index is 13.9. The smallest absolute Gasteiger partial charge is 0.364 e. The van der Waals surface area contributed by atoms with Crippen molar-refractivity contribution in [1.82, 2.24) is 0 Å². The maximum Gasteiger partial charge on any atom is 0.364 e. The highest BCUT2D eigenvalue weighted by molar-refractivity contribution is 7.54. The largest absolute Gasteiger partial charge is 0.497 e. The van der Waals surface area contributed by atoms with Gasteiger partial charge in [-0.2, -0.15) is 0 Å². The lowest BCUT2D eigenvalue weighted by Gasteiger charge is -2.33. The third-order valence-electron chi connectivity index (χ3n) is 5.71. The van der Waals surface area contributed by atoms with E-state index in [0.29, 0.717) is 17.1 Å². The summed E-state index contributed by atoms with van der Waals surface area (Å²) in [6.07, 6.45) is 9.63. The minimum absolute atomic E-state index is 0.144. The molecule has 1 atom stereocenters. The van der Waals surface area contributed by atoms with Gasteiger partial charge < -0.3 is 23.6 Å². The van der Waals surface area contributed by atoms with Gasteiger partial charge in [0.2, 0.25) is 0 Å². The van der Waals surface area contributed by atoms with Gasteiger partial charge in [-0.15, -0.1) is 0 Å². The van der Waals surface area contributed by atoms with Gasteiger partial charge in [0.05, 0.1) is 26.4 Å². The van der Waals surface area contributed by atoms with E-state index in [9.17, 15) is 9.67 Å². The quantitative estimate of drug-likeness (QED) is 0.561. The molecule has 1 unspecified atom stereocenters. The van der Waals surface area contributed by atoms with Crippen molar-refractivity contribution in [3.05, 3.63) is 23.8 Å². The Hall–Kier alpha value is -1.07. The van der Waals surface area contributed by atoms with E-state index in [-0.39, 0.29) is 12.2 Å². The lowest BCUT2D eigenvalue weighted by Crippen LogP contribution is -2.22. The number of hydrogen-bond donors (Lipinski definition) is 1. The first-order valence-corrected chi connectivity index (χ1v) is 12.0. The van der Waals surface area contributed by atoms with Crippen molar-refractivity contribution in [3.63, 3.8) is 0 Å². The summed E-state index contributed by atoms with van der Waals surface area (Å²) in [5, 5.41) is 11.2. The second-order valence-electron chi connectivity index (χ2n) is 7.75. The Morgan fingerprint density at radius 3 is 1.89 bits per heavy atom. The van der Waals surface area contributed by atoms with Crippen molar-refractivity contribution in [1.29, 1.82) is 0 Å². The normalized spacial score (nSPS) is 20.7. The lowest BCUT2D eigenvalue weighted by molar-refractivity contribution is 0.0540. The molecule has 0 spiro atoms. The zero-order valence-corrected chi connectivity index (χ0v) is 17.9. The highest BCUT2D eigenvalue weighted by atomic mass is 31.2. The van der Waals surface area contributed by atoms with Crippen LogP contribution in [0.3, 0.4) is 0 Å². The Kier molecular flexibility index (Phi) is 7.81. The van der Waals surface area contributed by atoms with Crippen LogP contribution in [-0.2, 0) is 13.6 Å². The summed E-state index contributed by atoms with van der Waals surface area (Å²) in [7, 11) is -0.749. The monoisotopic (exact) mass is 412 g/mol. The fourth-order valence-electron chi connectivity index (χ4n) is 4.11. The number of aliphatic hydroxyl groups is 1. The van der Waals surface area contributed by atoms with Crippen LogP contribution in [0.1, 0.15) is 75.6 Å². The molecule has 2 aliphatic rings. The molecular formula is C21H33O6P. The first kappa shape index (κ1) is 21.6. The van der Waals surface area contributed by atoms with E-state index >= 15 is 0 Å². The van der Waals surface area contributed by atoms with Crippen LogP contribution in [0.5, 0.6) is 11.5 Å². The first-order chi connectivity index (χ1) is 13.6. The summed E-state index contributed by atoms with van der Waals surface area (Å²) in [4.78, 5) is 0. The van der Waals surface area contributed by atoms with Crippen molar-refractivity contribution in [2.75, 3.05) is 14.2 Å². The second kappa shape index (κ2) is 10.1. The molecule has 0 bridgehead atoms. The minimum atomic E-state index is -3.82. The average molecular weight is 412 g/mol. The van der Waals surface area contributed by atoms with Crippen molar-refractivity contribution in [2.45, 2.75) is 82.3 Å². The van der Waals surface area contributed by atoms with Crippen LogP contribution >= 0.6 is 7.60 Å². The Balaban J connectivity index is 1.88. The van der Waals surface area contributed by atoms with Crippen LogP contribution in [0.2, 0.25) is 0 Å². The minimum Gasteiger partial charge on any atom is -0.497 e. The molecule has 6 nitrogen and oxygen atoms in total. The summed E-state index contributed by atoms with van der Waals surface area (Å²) in [6, 6.07) is 5.08. The summed E-state index contributed by atoms with van der Waals surface area (Å²) >= 11 is 0. The van der Waals surface area contributed by atoms with E-state index in [2.05, 4.69) is 0 Å². The number of hydrogen-bond acceptors (Lipinski definition) is 6. The molecule has 0 aromatic heterocycles. The van der Waals surface area contributed by atoms with E-state index in [1.165, 1.54) is 20.0 Å². The highest BCUT2D eigenvalue weighted by Gasteiger charge is 2.42. The van der Waals surface area contributed by atoms with Crippen LogP contribution in [0.25, 0.3) is 0 Å². The fraction of sp³-hybridized carbons (Fsp3) is 0.714. The number of ether oxygens (including phenoxy) is 2. The first-order valence-electron chi connectivity index (χ1n) is 10.4. The summed E-state index contributed by atoms with van der Waals surface area (Å²) in [6.45, 7) is 0. The number of benzene rings is 1. The fourth-order valence-corrected chi connectivity index (χ4v) is 6.18. The molecule has 2 saturated carbocycles. The van der Waals surface area contributed by atoms with Crippen molar-refractivity contribution >= 4 is 7.60 Å². The molecule has 0 radical (unpaired) electrons. The van der Waals surface area contributed by atoms with E-state index in [4.69, 9.17) is 18.5 Å². The number of methoxy groups -OCH3 is 2. The molecule has 2 aliphatic carbocycles. The van der Waals surface area contributed by atoms with Crippen molar-refractivity contribution in [3.8, 4) is 11.5 Å². The number of aliphatic hydroxyl groups excluding tert-OH is 1. The van der Waals surface area contributed by atoms with Gasteiger partial charge in [0, 0.05) is 5.56 Å². The molecule has 3 rings (SSSR count). The molecular weight excluding hydrogens is 379 g/mol. The predicted molar refractivity (Wildman–Crippen MR) is 108 cm³/mol. The molecule has 28 heavy (non-hydrogen) atoms. The summed E-state index contributed by atoms with van der Waals surface area (Å²) in [5.74, 6) is -0.425. The molecule has 0 heterocycles. The topological polar surface area (TPSA) is 74.2 Å². The molecule has 7 heteroatoms. The average Bonchev–Trinajstić information content (AvgIpc) is 2.74. The van der Waals surface area contributed by atoms with Crippen LogP contribution in [0.15, 0.2) is 18.2 Å². The van der Waals surface area contributed by atoms with Crippen molar-refractivity contribution in [2.24, 2.45) is 0 Å². The van der Waals surface area contributed by atoms with Gasteiger partial charge in [-0.3, -0.25) is 4.57 Å². The van der Waals surface area contributed by atoms with Crippen LogP contribution in [0.4, 0.5) is 0 Å². The second-order valence-corrected chi connectivity index (χ2v) is 9.74. The van der Waals surface area contributed by atoms with Gasteiger partial charge in [-0.25, -0.2) is 0 Å². The van der Waals surface area contributed by atoms with Gasteiger partial charge in [0.15, 0.2) is 5.85 Å². The Labute approximate surface area is 168 Å². The SMILES string of the molecule is COc1ccc(OC)c(C(O)P(=O)(OC2CCCCC2)OC2CCCCC2)c1. The Bertz CT molecular complexity index is 643. The maximum atomic E-state index is 13.9. The van der Waals surface area contributed by atoms with E-state index < -0.39 is 13.4 Å². The predicted octanol–water partition coefficient (Wildman–Crippen LogP) is 5.59. The van der Waals surface area contributed by atoms with Gasteiger partial charge in [-0.05, 0) is 43.9 Å². The molecule has 158 valence electrons. The summed E-state index contributed by atoms with van der Waals surface area (Å²) in [5.41, 5.74) is 0.372. The number of rotatable bonds is 8.